The molecule has 1 aliphatic heterocycles. The number of hydrogen-bond acceptors (Lipinski definition) is 4. The van der Waals surface area contributed by atoms with Gasteiger partial charge in [0.05, 0.1) is 12.1 Å². The van der Waals surface area contributed by atoms with Crippen molar-refractivity contribution in [1.82, 2.24) is 5.32 Å². The molecule has 0 aromatic heterocycles. The van der Waals surface area contributed by atoms with E-state index in [9.17, 15) is 4.79 Å². The summed E-state index contributed by atoms with van der Waals surface area (Å²) in [6.07, 6.45) is 3.23. The van der Waals surface area contributed by atoms with Gasteiger partial charge in [-0.05, 0) is 43.5 Å². The maximum atomic E-state index is 12.3. The van der Waals surface area contributed by atoms with E-state index in [1.807, 2.05) is 6.92 Å². The minimum absolute atomic E-state index is 0.125. The predicted molar refractivity (Wildman–Crippen MR) is 76.2 cm³/mol. The molecule has 0 radical (unpaired) electrons. The Bertz CT molecular complexity index is 411. The highest BCUT2D eigenvalue weighted by Crippen LogP contribution is 2.13. The Kier molecular flexibility index (Phi) is 4.93. The van der Waals surface area contributed by atoms with Gasteiger partial charge in [0.25, 0.3) is 0 Å². The Balaban J connectivity index is 1.92. The van der Waals surface area contributed by atoms with Gasteiger partial charge in [0.2, 0.25) is 0 Å². The maximum Gasteiger partial charge on any atom is 0.179 e. The summed E-state index contributed by atoms with van der Waals surface area (Å²) in [5.41, 5.74) is 7.02. The van der Waals surface area contributed by atoms with Crippen LogP contribution in [0.15, 0.2) is 24.3 Å². The fourth-order valence-corrected chi connectivity index (χ4v) is 2.35. The zero-order valence-electron chi connectivity index (χ0n) is 11.4. The molecule has 1 heterocycles. The number of nitrogens with two attached hydrogens (primary N) is 1. The van der Waals surface area contributed by atoms with Crippen molar-refractivity contribution in [2.45, 2.75) is 38.3 Å². The van der Waals surface area contributed by atoms with Crippen LogP contribution in [0.4, 0.5) is 5.69 Å². The number of ether oxygens (including phenoxy) is 1. The molecule has 1 aromatic rings. The van der Waals surface area contributed by atoms with E-state index < -0.39 is 0 Å². The van der Waals surface area contributed by atoms with Gasteiger partial charge in [0.1, 0.15) is 0 Å². The topological polar surface area (TPSA) is 64.3 Å². The number of hydrogen-bond donors (Lipinski definition) is 2. The van der Waals surface area contributed by atoms with E-state index in [1.54, 1.807) is 24.3 Å². The molecule has 0 aliphatic carbocycles. The molecule has 2 rings (SSSR count). The third-order valence-electron chi connectivity index (χ3n) is 3.54. The van der Waals surface area contributed by atoms with E-state index in [4.69, 9.17) is 10.5 Å². The lowest BCUT2D eigenvalue weighted by molar-refractivity contribution is 0.0889. The number of nitrogen functional groups attached to an aromatic ring is 1. The Morgan fingerprint density at radius 2 is 2.21 bits per heavy atom. The minimum atomic E-state index is -0.146. The van der Waals surface area contributed by atoms with Crippen molar-refractivity contribution in [2.24, 2.45) is 0 Å². The maximum absolute atomic E-state index is 12.3. The Morgan fingerprint density at radius 1 is 1.47 bits per heavy atom. The number of anilines is 1. The van der Waals surface area contributed by atoms with Gasteiger partial charge in [-0.1, -0.05) is 6.92 Å². The van der Waals surface area contributed by atoms with Crippen LogP contribution < -0.4 is 11.1 Å². The number of benzene rings is 1. The summed E-state index contributed by atoms with van der Waals surface area (Å²) in [6, 6.07) is 6.95. The van der Waals surface area contributed by atoms with Crippen LogP contribution in [0.1, 0.15) is 36.5 Å². The van der Waals surface area contributed by atoms with Gasteiger partial charge in [-0.15, -0.1) is 0 Å². The standard InChI is InChI=1S/C15H22N2O2/c1-2-14(17-10-13-4-3-9-19-13)15(18)11-5-7-12(16)8-6-11/h5-8,13-14,17H,2-4,9-10,16H2,1H3. The SMILES string of the molecule is CCC(NCC1CCCO1)C(=O)c1ccc(N)cc1. The van der Waals surface area contributed by atoms with Crippen LogP contribution in [0.2, 0.25) is 0 Å². The summed E-state index contributed by atoms with van der Waals surface area (Å²) in [7, 11) is 0. The smallest absolute Gasteiger partial charge is 0.179 e. The second-order valence-electron chi connectivity index (χ2n) is 4.99. The number of carbonyl (C=O) groups is 1. The second-order valence-corrected chi connectivity index (χ2v) is 4.99. The Labute approximate surface area is 114 Å². The van der Waals surface area contributed by atoms with Crippen LogP contribution in [0.25, 0.3) is 0 Å². The van der Waals surface area contributed by atoms with Crippen molar-refractivity contribution in [3.05, 3.63) is 29.8 Å². The average Bonchev–Trinajstić information content (AvgIpc) is 2.93. The molecule has 0 spiro atoms. The third-order valence-corrected chi connectivity index (χ3v) is 3.54. The van der Waals surface area contributed by atoms with Crippen LogP contribution in [0.3, 0.4) is 0 Å². The summed E-state index contributed by atoms with van der Waals surface area (Å²) in [6.45, 7) is 3.61. The van der Waals surface area contributed by atoms with Crippen molar-refractivity contribution in [3.8, 4) is 0 Å². The molecule has 0 bridgehead atoms. The molecule has 1 fully saturated rings. The van der Waals surface area contributed by atoms with Crippen molar-refractivity contribution in [1.29, 1.82) is 0 Å². The second kappa shape index (κ2) is 6.68. The average molecular weight is 262 g/mol. The fourth-order valence-electron chi connectivity index (χ4n) is 2.35. The highest BCUT2D eigenvalue weighted by atomic mass is 16.5. The number of nitrogens with one attached hydrogen (secondary N) is 1. The highest BCUT2D eigenvalue weighted by Gasteiger charge is 2.21. The van der Waals surface area contributed by atoms with E-state index in [-0.39, 0.29) is 17.9 Å². The molecule has 3 N–H and O–H groups in total. The molecule has 1 saturated heterocycles. The first-order valence-electron chi connectivity index (χ1n) is 6.95. The van der Waals surface area contributed by atoms with E-state index in [0.717, 1.165) is 32.4 Å². The van der Waals surface area contributed by atoms with Crippen molar-refractivity contribution in [3.63, 3.8) is 0 Å². The lowest BCUT2D eigenvalue weighted by atomic mass is 10.0. The van der Waals surface area contributed by atoms with Gasteiger partial charge in [0, 0.05) is 24.4 Å². The molecule has 0 saturated carbocycles. The lowest BCUT2D eigenvalue weighted by Crippen LogP contribution is -2.40. The van der Waals surface area contributed by atoms with Crippen LogP contribution in [-0.2, 0) is 4.74 Å². The number of ketones is 1. The Morgan fingerprint density at radius 3 is 2.79 bits per heavy atom. The van der Waals surface area contributed by atoms with Crippen molar-refractivity contribution >= 4 is 11.5 Å². The number of carbonyl (C=O) groups excluding carboxylic acids is 1. The molecule has 19 heavy (non-hydrogen) atoms. The zero-order valence-corrected chi connectivity index (χ0v) is 11.4. The summed E-state index contributed by atoms with van der Waals surface area (Å²) >= 11 is 0. The minimum Gasteiger partial charge on any atom is -0.399 e. The molecule has 2 unspecified atom stereocenters. The normalized spacial score (nSPS) is 20.4. The molecule has 1 aromatic carbocycles. The van der Waals surface area contributed by atoms with Crippen LogP contribution in [-0.4, -0.2) is 31.1 Å². The molecule has 4 heteroatoms. The molecule has 1 aliphatic rings. The number of Topliss-reactive ketones (excluding diaryl/α,β-unsaturated/α-hetero) is 1. The molecular formula is C15H22N2O2. The summed E-state index contributed by atoms with van der Waals surface area (Å²) < 4.78 is 5.56. The van der Waals surface area contributed by atoms with Gasteiger partial charge in [-0.2, -0.15) is 0 Å². The van der Waals surface area contributed by atoms with Crippen LogP contribution in [0, 0.1) is 0 Å². The first kappa shape index (κ1) is 14.0. The van der Waals surface area contributed by atoms with Gasteiger partial charge in [-0.3, -0.25) is 4.79 Å². The fraction of sp³-hybridized carbons (Fsp3) is 0.533. The van der Waals surface area contributed by atoms with Gasteiger partial charge in [-0.25, -0.2) is 0 Å². The van der Waals surface area contributed by atoms with E-state index in [1.165, 1.54) is 0 Å². The molecule has 2 atom stereocenters. The largest absolute Gasteiger partial charge is 0.399 e. The first-order chi connectivity index (χ1) is 9.20. The van der Waals surface area contributed by atoms with E-state index in [0.29, 0.717) is 11.3 Å². The molecule has 104 valence electrons. The van der Waals surface area contributed by atoms with Crippen molar-refractivity contribution in [2.75, 3.05) is 18.9 Å². The summed E-state index contributed by atoms with van der Waals surface area (Å²) in [5, 5.41) is 3.32. The molecule has 0 amide bonds. The predicted octanol–water partition coefficient (Wildman–Crippen LogP) is 2.00. The lowest BCUT2D eigenvalue weighted by Gasteiger charge is -2.18. The monoisotopic (exact) mass is 262 g/mol. The van der Waals surface area contributed by atoms with Crippen molar-refractivity contribution < 1.29 is 9.53 Å². The van der Waals surface area contributed by atoms with Crippen LogP contribution >= 0.6 is 0 Å². The summed E-state index contributed by atoms with van der Waals surface area (Å²) in [4.78, 5) is 12.3. The third kappa shape index (κ3) is 3.78. The van der Waals surface area contributed by atoms with E-state index in [2.05, 4.69) is 5.32 Å². The summed E-state index contributed by atoms with van der Waals surface area (Å²) in [5.74, 6) is 0.125. The van der Waals surface area contributed by atoms with Crippen LogP contribution in [0.5, 0.6) is 0 Å². The first-order valence-corrected chi connectivity index (χ1v) is 6.95. The van der Waals surface area contributed by atoms with Gasteiger partial charge in [0.15, 0.2) is 5.78 Å². The van der Waals surface area contributed by atoms with Gasteiger partial charge < -0.3 is 15.8 Å². The highest BCUT2D eigenvalue weighted by molar-refractivity contribution is 6.00. The Hall–Kier alpha value is -1.39. The van der Waals surface area contributed by atoms with Gasteiger partial charge >= 0.3 is 0 Å². The zero-order chi connectivity index (χ0) is 13.7. The molecular weight excluding hydrogens is 240 g/mol. The number of rotatable bonds is 6. The van der Waals surface area contributed by atoms with E-state index >= 15 is 0 Å². The quantitative estimate of drug-likeness (QED) is 0.608. The molecule has 4 nitrogen and oxygen atoms in total.